The summed E-state index contributed by atoms with van der Waals surface area (Å²) in [6.45, 7) is 6.42. The van der Waals surface area contributed by atoms with Crippen molar-refractivity contribution in [3.05, 3.63) is 54.1 Å². The molecule has 32 heavy (non-hydrogen) atoms. The van der Waals surface area contributed by atoms with E-state index in [0.717, 1.165) is 59.8 Å². The molecule has 2 fully saturated rings. The Hall–Kier alpha value is -3.48. The van der Waals surface area contributed by atoms with Crippen LogP contribution < -0.4 is 4.90 Å². The summed E-state index contributed by atoms with van der Waals surface area (Å²) in [7, 11) is 0. The zero-order valence-corrected chi connectivity index (χ0v) is 18.4. The molecule has 6 rings (SSSR count). The summed E-state index contributed by atoms with van der Waals surface area (Å²) >= 11 is 0. The number of carbonyl (C=O) groups excluding carboxylic acids is 1. The number of piperazine rings is 1. The molecular weight excluding hydrogens is 400 g/mol. The predicted molar refractivity (Wildman–Crippen MR) is 125 cm³/mol. The molecule has 0 radical (unpaired) electrons. The standard InChI is InChI=1S/C25H26N6O/c1-16-7-9-18(10-8-16)22-27-28-23-20-5-3-4-6-21(20)26-25(31(22)23)29-13-14-30(17(2)15-29)24(32)19-11-12-19/h3-10,17,19H,11-15H2,1-2H3. The minimum Gasteiger partial charge on any atom is -0.338 e. The van der Waals surface area contributed by atoms with Gasteiger partial charge in [0, 0.05) is 42.5 Å². The number of amides is 1. The van der Waals surface area contributed by atoms with E-state index < -0.39 is 0 Å². The third kappa shape index (κ3) is 3.11. The molecule has 1 amide bonds. The van der Waals surface area contributed by atoms with Crippen LogP contribution in [0.5, 0.6) is 0 Å². The smallest absolute Gasteiger partial charge is 0.226 e. The van der Waals surface area contributed by atoms with Crippen molar-refractivity contribution in [3.63, 3.8) is 0 Å². The first-order valence-electron chi connectivity index (χ1n) is 11.4. The molecule has 7 nitrogen and oxygen atoms in total. The Morgan fingerprint density at radius 1 is 1.00 bits per heavy atom. The Bertz CT molecular complexity index is 1320. The highest BCUT2D eigenvalue weighted by Crippen LogP contribution is 2.33. The van der Waals surface area contributed by atoms with Crippen LogP contribution in [0.15, 0.2) is 48.5 Å². The number of carbonyl (C=O) groups is 1. The van der Waals surface area contributed by atoms with Crippen LogP contribution in [-0.2, 0) is 4.79 Å². The van der Waals surface area contributed by atoms with Gasteiger partial charge in [0.25, 0.3) is 0 Å². The third-order valence-electron chi connectivity index (χ3n) is 6.66. The fourth-order valence-corrected chi connectivity index (χ4v) is 4.70. The second-order valence-electron chi connectivity index (χ2n) is 9.08. The van der Waals surface area contributed by atoms with Crippen molar-refractivity contribution in [2.75, 3.05) is 24.5 Å². The number of fused-ring (bicyclic) bond motifs is 3. The maximum atomic E-state index is 12.7. The fraction of sp³-hybridized carbons (Fsp3) is 0.360. The maximum absolute atomic E-state index is 12.7. The average Bonchev–Trinajstić information content (AvgIpc) is 3.57. The maximum Gasteiger partial charge on any atom is 0.226 e. The highest BCUT2D eigenvalue weighted by molar-refractivity contribution is 5.93. The lowest BCUT2D eigenvalue weighted by Gasteiger charge is -2.40. The van der Waals surface area contributed by atoms with Crippen molar-refractivity contribution in [1.29, 1.82) is 0 Å². The van der Waals surface area contributed by atoms with E-state index in [1.807, 2.05) is 24.3 Å². The van der Waals surface area contributed by atoms with Crippen molar-refractivity contribution in [3.8, 4) is 11.4 Å². The molecular formula is C25H26N6O. The molecule has 4 aromatic rings. The Morgan fingerprint density at radius 3 is 2.53 bits per heavy atom. The van der Waals surface area contributed by atoms with Crippen LogP contribution in [0.25, 0.3) is 27.9 Å². The van der Waals surface area contributed by atoms with Gasteiger partial charge in [-0.2, -0.15) is 0 Å². The van der Waals surface area contributed by atoms with Gasteiger partial charge in [0.15, 0.2) is 11.5 Å². The molecule has 162 valence electrons. The molecule has 3 heterocycles. The summed E-state index contributed by atoms with van der Waals surface area (Å²) < 4.78 is 2.08. The third-order valence-corrected chi connectivity index (χ3v) is 6.66. The lowest BCUT2D eigenvalue weighted by molar-refractivity contribution is -0.134. The molecule has 0 bridgehead atoms. The largest absolute Gasteiger partial charge is 0.338 e. The summed E-state index contributed by atoms with van der Waals surface area (Å²) in [4.78, 5) is 22.1. The molecule has 2 aliphatic rings. The van der Waals surface area contributed by atoms with Crippen molar-refractivity contribution in [1.82, 2.24) is 24.5 Å². The first kappa shape index (κ1) is 19.2. The van der Waals surface area contributed by atoms with Crippen LogP contribution in [0, 0.1) is 12.8 Å². The van der Waals surface area contributed by atoms with Crippen LogP contribution in [0.3, 0.4) is 0 Å². The second-order valence-corrected chi connectivity index (χ2v) is 9.08. The Morgan fingerprint density at radius 2 is 1.78 bits per heavy atom. The Balaban J connectivity index is 1.47. The molecule has 2 aromatic heterocycles. The first-order chi connectivity index (χ1) is 15.6. The fourth-order valence-electron chi connectivity index (χ4n) is 4.70. The summed E-state index contributed by atoms with van der Waals surface area (Å²) in [5.41, 5.74) is 3.93. The van der Waals surface area contributed by atoms with Crippen LogP contribution in [0.1, 0.15) is 25.3 Å². The van der Waals surface area contributed by atoms with Gasteiger partial charge in [0.05, 0.1) is 5.52 Å². The van der Waals surface area contributed by atoms with Crippen LogP contribution in [-0.4, -0.2) is 56.1 Å². The van der Waals surface area contributed by atoms with Gasteiger partial charge in [-0.05, 0) is 38.8 Å². The predicted octanol–water partition coefficient (Wildman–Crippen LogP) is 3.70. The second kappa shape index (κ2) is 7.29. The normalized spacial score (nSPS) is 19.1. The summed E-state index contributed by atoms with van der Waals surface area (Å²) in [5.74, 6) is 2.20. The van der Waals surface area contributed by atoms with E-state index in [-0.39, 0.29) is 12.0 Å². The van der Waals surface area contributed by atoms with E-state index in [4.69, 9.17) is 4.98 Å². The van der Waals surface area contributed by atoms with Gasteiger partial charge in [0.2, 0.25) is 11.9 Å². The number of aryl methyl sites for hydroxylation is 1. The molecule has 1 saturated heterocycles. The van der Waals surface area contributed by atoms with E-state index in [9.17, 15) is 4.79 Å². The Labute approximate surface area is 186 Å². The van der Waals surface area contributed by atoms with Gasteiger partial charge < -0.3 is 9.80 Å². The first-order valence-corrected chi connectivity index (χ1v) is 11.4. The Kier molecular flexibility index (Phi) is 4.38. The van der Waals surface area contributed by atoms with E-state index in [2.05, 4.69) is 62.5 Å². The topological polar surface area (TPSA) is 66.6 Å². The molecule has 1 atom stereocenters. The molecule has 1 aliphatic heterocycles. The van der Waals surface area contributed by atoms with Gasteiger partial charge in [-0.25, -0.2) is 9.38 Å². The lowest BCUT2D eigenvalue weighted by atomic mass is 10.1. The summed E-state index contributed by atoms with van der Waals surface area (Å²) in [6, 6.07) is 16.6. The van der Waals surface area contributed by atoms with Crippen LogP contribution in [0.2, 0.25) is 0 Å². The quantitative estimate of drug-likeness (QED) is 0.500. The number of hydrogen-bond donors (Lipinski definition) is 0. The zero-order valence-electron chi connectivity index (χ0n) is 18.4. The van der Waals surface area contributed by atoms with E-state index in [0.29, 0.717) is 12.5 Å². The van der Waals surface area contributed by atoms with Gasteiger partial charge in [-0.1, -0.05) is 42.0 Å². The number of hydrogen-bond acceptors (Lipinski definition) is 5. The van der Waals surface area contributed by atoms with Crippen LogP contribution in [0.4, 0.5) is 5.95 Å². The molecule has 1 aliphatic carbocycles. The molecule has 0 spiro atoms. The van der Waals surface area contributed by atoms with Gasteiger partial charge in [-0.15, -0.1) is 10.2 Å². The van der Waals surface area contributed by atoms with Crippen molar-refractivity contribution in [2.24, 2.45) is 5.92 Å². The molecule has 1 saturated carbocycles. The highest BCUT2D eigenvalue weighted by atomic mass is 16.2. The minimum absolute atomic E-state index is 0.138. The summed E-state index contributed by atoms with van der Waals surface area (Å²) in [6.07, 6.45) is 2.08. The molecule has 1 unspecified atom stereocenters. The van der Waals surface area contributed by atoms with E-state index >= 15 is 0 Å². The number of para-hydroxylation sites is 1. The average molecular weight is 427 g/mol. The number of aromatic nitrogens is 4. The van der Waals surface area contributed by atoms with Crippen molar-refractivity contribution >= 4 is 28.4 Å². The van der Waals surface area contributed by atoms with Gasteiger partial charge in [0.1, 0.15) is 0 Å². The molecule has 2 aromatic carbocycles. The van der Waals surface area contributed by atoms with Crippen LogP contribution >= 0.6 is 0 Å². The van der Waals surface area contributed by atoms with Crippen molar-refractivity contribution < 1.29 is 4.79 Å². The highest BCUT2D eigenvalue weighted by Gasteiger charge is 2.38. The molecule has 0 N–H and O–H groups in total. The minimum atomic E-state index is 0.138. The van der Waals surface area contributed by atoms with E-state index in [1.165, 1.54) is 5.56 Å². The number of benzene rings is 2. The van der Waals surface area contributed by atoms with Crippen molar-refractivity contribution in [2.45, 2.75) is 32.7 Å². The zero-order chi connectivity index (χ0) is 21.8. The SMILES string of the molecule is Cc1ccc(-c2nnc3c4ccccc4nc(N4CCN(C(=O)C5CC5)C(C)C4)n23)cc1. The molecule has 7 heteroatoms. The van der Waals surface area contributed by atoms with E-state index in [1.54, 1.807) is 0 Å². The van der Waals surface area contributed by atoms with Gasteiger partial charge >= 0.3 is 0 Å². The number of nitrogens with zero attached hydrogens (tertiary/aromatic N) is 6. The number of anilines is 1. The lowest BCUT2D eigenvalue weighted by Crippen LogP contribution is -2.55. The summed E-state index contributed by atoms with van der Waals surface area (Å²) in [5, 5.41) is 10.1. The van der Waals surface area contributed by atoms with Gasteiger partial charge in [-0.3, -0.25) is 4.79 Å². The monoisotopic (exact) mass is 426 g/mol. The number of rotatable bonds is 3.